The Morgan fingerprint density at radius 2 is 2.08 bits per heavy atom. The molecule has 1 aromatic carbocycles. The maximum absolute atomic E-state index is 5.97. The van der Waals surface area contributed by atoms with Crippen LogP contribution in [-0.2, 0) is 20.1 Å². The molecule has 0 radical (unpaired) electrons. The zero-order chi connectivity index (χ0) is 17.2. The van der Waals surface area contributed by atoms with Crippen LogP contribution in [0.1, 0.15) is 11.1 Å². The van der Waals surface area contributed by atoms with E-state index in [0.29, 0.717) is 0 Å². The molecule has 3 aromatic heterocycles. The molecule has 0 saturated heterocycles. The van der Waals surface area contributed by atoms with Gasteiger partial charge in [0.1, 0.15) is 11.3 Å². The van der Waals surface area contributed by atoms with Crippen molar-refractivity contribution in [2.75, 3.05) is 6.54 Å². The van der Waals surface area contributed by atoms with Crippen LogP contribution in [-0.4, -0.2) is 26.1 Å². The summed E-state index contributed by atoms with van der Waals surface area (Å²) in [7, 11) is 1.93. The maximum atomic E-state index is 5.97. The number of aromatic nitrogens is 4. The molecule has 1 N–H and O–H groups in total. The van der Waals surface area contributed by atoms with Crippen molar-refractivity contribution in [2.45, 2.75) is 20.0 Å². The highest BCUT2D eigenvalue weighted by molar-refractivity contribution is 5.82. The summed E-state index contributed by atoms with van der Waals surface area (Å²) in [5.74, 6) is 0.807. The monoisotopic (exact) mass is 335 g/mol. The van der Waals surface area contributed by atoms with Gasteiger partial charge in [0, 0.05) is 43.5 Å². The van der Waals surface area contributed by atoms with E-state index in [2.05, 4.69) is 21.6 Å². The van der Waals surface area contributed by atoms with Crippen molar-refractivity contribution in [3.63, 3.8) is 0 Å². The van der Waals surface area contributed by atoms with Crippen LogP contribution < -0.4 is 5.32 Å². The second kappa shape index (κ2) is 6.57. The first-order valence-electron chi connectivity index (χ1n) is 8.40. The Kier molecular flexibility index (Phi) is 4.11. The van der Waals surface area contributed by atoms with Crippen molar-refractivity contribution < 1.29 is 4.42 Å². The third-order valence-electron chi connectivity index (χ3n) is 4.16. The smallest absolute Gasteiger partial charge is 0.156 e. The summed E-state index contributed by atoms with van der Waals surface area (Å²) in [5.41, 5.74) is 4.08. The number of furan rings is 1. The number of nitrogens with zero attached hydrogens (tertiary/aromatic N) is 4. The molecule has 0 bridgehead atoms. The van der Waals surface area contributed by atoms with Crippen LogP contribution in [0.15, 0.2) is 53.3 Å². The second-order valence-corrected chi connectivity index (χ2v) is 6.28. The lowest BCUT2D eigenvalue weighted by atomic mass is 10.2. The fraction of sp³-hybridized carbons (Fsp3) is 0.263. The molecule has 0 fully saturated rings. The minimum absolute atomic E-state index is 0.737. The maximum Gasteiger partial charge on any atom is 0.156 e. The van der Waals surface area contributed by atoms with Crippen LogP contribution in [0.2, 0.25) is 0 Å². The molecule has 128 valence electrons. The van der Waals surface area contributed by atoms with E-state index < -0.39 is 0 Å². The van der Waals surface area contributed by atoms with Gasteiger partial charge in [-0.1, -0.05) is 18.2 Å². The molecular weight excluding hydrogens is 314 g/mol. The first-order chi connectivity index (χ1) is 12.2. The summed E-state index contributed by atoms with van der Waals surface area (Å²) < 4.78 is 9.75. The van der Waals surface area contributed by atoms with Crippen LogP contribution in [0.5, 0.6) is 0 Å². The minimum atomic E-state index is 0.737. The van der Waals surface area contributed by atoms with Crippen LogP contribution in [0.3, 0.4) is 0 Å². The quantitative estimate of drug-likeness (QED) is 0.550. The van der Waals surface area contributed by atoms with Gasteiger partial charge in [-0.05, 0) is 24.6 Å². The number of fused-ring (bicyclic) bond motifs is 1. The summed E-state index contributed by atoms with van der Waals surface area (Å²) in [6.07, 6.45) is 5.96. The Balaban J connectivity index is 1.47. The molecule has 3 heterocycles. The molecule has 0 spiro atoms. The average Bonchev–Trinajstić information content (AvgIpc) is 3.29. The van der Waals surface area contributed by atoms with Crippen LogP contribution in [0, 0.1) is 6.92 Å². The Morgan fingerprint density at radius 1 is 1.20 bits per heavy atom. The Hall–Kier alpha value is -2.86. The molecule has 4 rings (SSSR count). The van der Waals surface area contributed by atoms with E-state index >= 15 is 0 Å². The van der Waals surface area contributed by atoms with Crippen molar-refractivity contribution in [2.24, 2.45) is 7.05 Å². The molecule has 25 heavy (non-hydrogen) atoms. The van der Waals surface area contributed by atoms with Crippen molar-refractivity contribution in [1.29, 1.82) is 0 Å². The zero-order valence-corrected chi connectivity index (χ0v) is 14.4. The molecule has 0 aliphatic carbocycles. The second-order valence-electron chi connectivity index (χ2n) is 6.28. The summed E-state index contributed by atoms with van der Waals surface area (Å²) in [6.45, 7) is 4.47. The predicted octanol–water partition coefficient (Wildman–Crippen LogP) is 3.13. The van der Waals surface area contributed by atoms with E-state index in [1.807, 2.05) is 66.2 Å². The van der Waals surface area contributed by atoms with Crippen LogP contribution >= 0.6 is 0 Å². The van der Waals surface area contributed by atoms with Crippen LogP contribution in [0.4, 0.5) is 0 Å². The molecule has 6 heteroatoms. The summed E-state index contributed by atoms with van der Waals surface area (Å²) >= 11 is 0. The SMILES string of the molecule is Cc1cnn(CCNCc2cn(C)nc2-c2cc3ccccc3o2)c1. The van der Waals surface area contributed by atoms with E-state index in [9.17, 15) is 0 Å². The normalized spacial score (nSPS) is 11.4. The molecule has 4 aromatic rings. The van der Waals surface area contributed by atoms with Gasteiger partial charge in [0.2, 0.25) is 0 Å². The lowest BCUT2D eigenvalue weighted by molar-refractivity contribution is 0.554. The summed E-state index contributed by atoms with van der Waals surface area (Å²) in [4.78, 5) is 0. The molecule has 0 amide bonds. The fourth-order valence-electron chi connectivity index (χ4n) is 2.98. The van der Waals surface area contributed by atoms with E-state index in [0.717, 1.165) is 47.6 Å². The van der Waals surface area contributed by atoms with Gasteiger partial charge >= 0.3 is 0 Å². The minimum Gasteiger partial charge on any atom is -0.454 e. The zero-order valence-electron chi connectivity index (χ0n) is 14.4. The number of para-hydroxylation sites is 1. The Morgan fingerprint density at radius 3 is 2.88 bits per heavy atom. The number of nitrogens with one attached hydrogen (secondary N) is 1. The van der Waals surface area contributed by atoms with E-state index in [1.165, 1.54) is 5.56 Å². The highest BCUT2D eigenvalue weighted by Gasteiger charge is 2.14. The van der Waals surface area contributed by atoms with Gasteiger partial charge in [-0.25, -0.2) is 0 Å². The van der Waals surface area contributed by atoms with Crippen molar-refractivity contribution in [3.05, 3.63) is 60.0 Å². The molecule has 0 unspecified atom stereocenters. The third-order valence-corrected chi connectivity index (χ3v) is 4.16. The summed E-state index contributed by atoms with van der Waals surface area (Å²) in [5, 5.41) is 13.4. The van der Waals surface area contributed by atoms with Gasteiger partial charge in [0.25, 0.3) is 0 Å². The van der Waals surface area contributed by atoms with Gasteiger partial charge in [0.05, 0.1) is 12.7 Å². The van der Waals surface area contributed by atoms with Gasteiger partial charge in [0.15, 0.2) is 5.76 Å². The molecule has 0 aliphatic heterocycles. The van der Waals surface area contributed by atoms with Gasteiger partial charge < -0.3 is 9.73 Å². The largest absolute Gasteiger partial charge is 0.454 e. The van der Waals surface area contributed by atoms with Crippen molar-refractivity contribution in [1.82, 2.24) is 24.9 Å². The van der Waals surface area contributed by atoms with Gasteiger partial charge in [-0.3, -0.25) is 9.36 Å². The van der Waals surface area contributed by atoms with Crippen LogP contribution in [0.25, 0.3) is 22.4 Å². The number of benzene rings is 1. The van der Waals surface area contributed by atoms with Crippen molar-refractivity contribution in [3.8, 4) is 11.5 Å². The first-order valence-corrected chi connectivity index (χ1v) is 8.40. The average molecular weight is 335 g/mol. The number of rotatable bonds is 6. The van der Waals surface area contributed by atoms with Gasteiger partial charge in [-0.15, -0.1) is 0 Å². The predicted molar refractivity (Wildman–Crippen MR) is 97.1 cm³/mol. The summed E-state index contributed by atoms with van der Waals surface area (Å²) in [6, 6.07) is 10.1. The molecule has 0 aliphatic rings. The van der Waals surface area contributed by atoms with Gasteiger partial charge in [-0.2, -0.15) is 10.2 Å². The lowest BCUT2D eigenvalue weighted by Gasteiger charge is -2.04. The number of hydrogen-bond donors (Lipinski definition) is 1. The fourth-order valence-corrected chi connectivity index (χ4v) is 2.98. The highest BCUT2D eigenvalue weighted by atomic mass is 16.3. The standard InChI is InChI=1S/C19H21N5O/c1-14-10-21-24(12-14)8-7-20-11-16-13-23(2)22-19(16)18-9-15-5-3-4-6-17(15)25-18/h3-6,9-10,12-13,20H,7-8,11H2,1-2H3. The molecule has 0 atom stereocenters. The Bertz CT molecular complexity index is 961. The van der Waals surface area contributed by atoms with E-state index in [-0.39, 0.29) is 0 Å². The third kappa shape index (κ3) is 3.34. The lowest BCUT2D eigenvalue weighted by Crippen LogP contribution is -2.19. The topological polar surface area (TPSA) is 60.8 Å². The molecule has 0 saturated carbocycles. The van der Waals surface area contributed by atoms with Crippen molar-refractivity contribution >= 4 is 11.0 Å². The van der Waals surface area contributed by atoms with E-state index in [4.69, 9.17) is 4.42 Å². The van der Waals surface area contributed by atoms with E-state index in [1.54, 1.807) is 0 Å². The first kappa shape index (κ1) is 15.7. The number of aryl methyl sites for hydroxylation is 2. The molecular formula is C19H21N5O. The molecule has 6 nitrogen and oxygen atoms in total. The Labute approximate surface area is 146 Å². The number of hydrogen-bond acceptors (Lipinski definition) is 4. The highest BCUT2D eigenvalue weighted by Crippen LogP contribution is 2.28.